The van der Waals surface area contributed by atoms with Crippen LogP contribution in [0.2, 0.25) is 0 Å². The van der Waals surface area contributed by atoms with Crippen molar-refractivity contribution in [3.63, 3.8) is 0 Å². The first-order valence-corrected chi connectivity index (χ1v) is 10.2. The van der Waals surface area contributed by atoms with Crippen molar-refractivity contribution in [1.29, 1.82) is 0 Å². The Hall–Kier alpha value is -2.41. The molecule has 0 aliphatic heterocycles. The molecule has 0 bridgehead atoms. The summed E-state index contributed by atoms with van der Waals surface area (Å²) >= 11 is 2.32. The van der Waals surface area contributed by atoms with Crippen LogP contribution in [-0.4, -0.2) is 23.4 Å². The van der Waals surface area contributed by atoms with Crippen LogP contribution >= 0.6 is 22.6 Å². The van der Waals surface area contributed by atoms with E-state index in [-0.39, 0.29) is 5.97 Å². The summed E-state index contributed by atoms with van der Waals surface area (Å²) in [6, 6.07) is 15.8. The van der Waals surface area contributed by atoms with E-state index in [2.05, 4.69) is 71.1 Å². The highest BCUT2D eigenvalue weighted by atomic mass is 127. The zero-order chi connectivity index (χ0) is 20.3. The van der Waals surface area contributed by atoms with Crippen LogP contribution in [-0.2, 0) is 4.74 Å². The van der Waals surface area contributed by atoms with Crippen molar-refractivity contribution in [1.82, 2.24) is 4.57 Å². The summed E-state index contributed by atoms with van der Waals surface area (Å²) in [5.41, 5.74) is 6.85. The first-order chi connectivity index (χ1) is 13.4. The van der Waals surface area contributed by atoms with Crippen molar-refractivity contribution < 1.29 is 9.53 Å². The van der Waals surface area contributed by atoms with Gasteiger partial charge in [-0.15, -0.1) is 0 Å². The molecule has 0 fully saturated rings. The van der Waals surface area contributed by atoms with Crippen LogP contribution in [0.5, 0.6) is 0 Å². The number of hydrogen-bond donors (Lipinski definition) is 0. The Morgan fingerprint density at radius 1 is 1.14 bits per heavy atom. The number of benzene rings is 2. The number of aromatic nitrogens is 1. The van der Waals surface area contributed by atoms with E-state index in [9.17, 15) is 4.79 Å². The van der Waals surface area contributed by atoms with Gasteiger partial charge in [0.05, 0.1) is 17.9 Å². The van der Waals surface area contributed by atoms with Crippen LogP contribution < -0.4 is 0 Å². The second kappa shape index (κ2) is 8.73. The maximum absolute atomic E-state index is 12.1. The second-order valence-electron chi connectivity index (χ2n) is 6.62. The summed E-state index contributed by atoms with van der Waals surface area (Å²) in [4.78, 5) is 16.7. The molecular weight excluding hydrogens is 463 g/mol. The molecule has 0 radical (unpaired) electrons. The summed E-state index contributed by atoms with van der Waals surface area (Å²) in [5, 5.41) is 0. The third-order valence-electron chi connectivity index (χ3n) is 4.58. The zero-order valence-electron chi connectivity index (χ0n) is 16.5. The van der Waals surface area contributed by atoms with Gasteiger partial charge in [-0.1, -0.05) is 6.07 Å². The van der Waals surface area contributed by atoms with Gasteiger partial charge in [0.15, 0.2) is 0 Å². The van der Waals surface area contributed by atoms with E-state index >= 15 is 0 Å². The van der Waals surface area contributed by atoms with Gasteiger partial charge in [-0.05, 0) is 98.3 Å². The molecule has 0 saturated carbocycles. The zero-order valence-corrected chi connectivity index (χ0v) is 18.6. The maximum atomic E-state index is 12.1. The average molecular weight is 486 g/mol. The number of carbonyl (C=O) groups is 1. The molecule has 0 spiro atoms. The van der Waals surface area contributed by atoms with Gasteiger partial charge in [0.25, 0.3) is 0 Å². The molecule has 1 aromatic heterocycles. The van der Waals surface area contributed by atoms with Crippen molar-refractivity contribution in [3.8, 4) is 5.69 Å². The first kappa shape index (κ1) is 20.3. The monoisotopic (exact) mass is 486 g/mol. The molecule has 4 nitrogen and oxygen atoms in total. The number of ether oxygens (including phenoxy) is 1. The number of carbonyl (C=O) groups excluding carboxylic acids is 1. The Kier molecular flexibility index (Phi) is 6.34. The second-order valence-corrected chi connectivity index (χ2v) is 7.79. The van der Waals surface area contributed by atoms with Gasteiger partial charge in [-0.2, -0.15) is 0 Å². The van der Waals surface area contributed by atoms with Crippen LogP contribution in [0, 0.1) is 24.3 Å². The number of rotatable bonds is 5. The Balaban J connectivity index is 1.94. The molecule has 0 aliphatic rings. The highest BCUT2D eigenvalue weighted by Gasteiger charge is 2.12. The molecule has 5 heteroatoms. The van der Waals surface area contributed by atoms with Gasteiger partial charge in [0.1, 0.15) is 0 Å². The third kappa shape index (κ3) is 4.35. The Morgan fingerprint density at radius 2 is 1.93 bits per heavy atom. The van der Waals surface area contributed by atoms with E-state index < -0.39 is 0 Å². The quantitative estimate of drug-likeness (QED) is 0.255. The Bertz CT molecular complexity index is 1050. The molecular formula is C23H23IN2O2. The Morgan fingerprint density at radius 3 is 2.64 bits per heavy atom. The maximum Gasteiger partial charge on any atom is 0.338 e. The van der Waals surface area contributed by atoms with Crippen molar-refractivity contribution in [2.24, 2.45) is 4.99 Å². The van der Waals surface area contributed by atoms with Crippen molar-refractivity contribution in [2.45, 2.75) is 27.7 Å². The van der Waals surface area contributed by atoms with Gasteiger partial charge in [-0.25, -0.2) is 4.79 Å². The predicted molar refractivity (Wildman–Crippen MR) is 122 cm³/mol. The standard InChI is InChI=1S/C23H23IN2O2/c1-5-28-23(27)18-7-6-8-21(13-18)26-16(3)12-19(17(26)4)14-25-20-9-10-22(24)15(2)11-20/h6-14H,5H2,1-4H3. The van der Waals surface area contributed by atoms with Gasteiger partial charge in [0.2, 0.25) is 0 Å². The molecule has 144 valence electrons. The van der Waals surface area contributed by atoms with Crippen LogP contribution in [0.25, 0.3) is 5.69 Å². The molecule has 0 saturated heterocycles. The topological polar surface area (TPSA) is 43.6 Å². The molecule has 0 aliphatic carbocycles. The number of esters is 1. The Labute approximate surface area is 179 Å². The third-order valence-corrected chi connectivity index (χ3v) is 5.79. The molecule has 0 unspecified atom stereocenters. The van der Waals surface area contributed by atoms with Crippen molar-refractivity contribution in [2.75, 3.05) is 6.61 Å². The van der Waals surface area contributed by atoms with Gasteiger partial charge >= 0.3 is 5.97 Å². The summed E-state index contributed by atoms with van der Waals surface area (Å²) in [6.07, 6.45) is 1.90. The van der Waals surface area contributed by atoms with Crippen LogP contribution in [0.4, 0.5) is 5.69 Å². The fourth-order valence-electron chi connectivity index (χ4n) is 3.16. The largest absolute Gasteiger partial charge is 0.462 e. The van der Waals surface area contributed by atoms with E-state index in [1.807, 2.05) is 37.4 Å². The van der Waals surface area contributed by atoms with E-state index in [1.165, 1.54) is 9.13 Å². The van der Waals surface area contributed by atoms with Gasteiger partial charge in [-0.3, -0.25) is 4.99 Å². The summed E-state index contributed by atoms with van der Waals surface area (Å²) in [6.45, 7) is 8.37. The lowest BCUT2D eigenvalue weighted by molar-refractivity contribution is 0.0526. The van der Waals surface area contributed by atoms with Crippen molar-refractivity contribution in [3.05, 3.63) is 80.2 Å². The number of aliphatic imine (C=N–C) groups is 1. The molecule has 0 N–H and O–H groups in total. The molecule has 0 amide bonds. The first-order valence-electron chi connectivity index (χ1n) is 9.17. The lowest BCUT2D eigenvalue weighted by Crippen LogP contribution is -2.06. The SMILES string of the molecule is CCOC(=O)c1cccc(-n2c(C)cc(C=Nc3ccc(I)c(C)c3)c2C)c1. The molecule has 3 aromatic rings. The minimum absolute atomic E-state index is 0.303. The fraction of sp³-hybridized carbons (Fsp3) is 0.217. The molecule has 1 heterocycles. The molecule has 28 heavy (non-hydrogen) atoms. The smallest absolute Gasteiger partial charge is 0.338 e. The van der Waals surface area contributed by atoms with E-state index in [0.717, 1.165) is 28.3 Å². The summed E-state index contributed by atoms with van der Waals surface area (Å²) in [7, 11) is 0. The average Bonchev–Trinajstić information content (AvgIpc) is 2.96. The van der Waals surface area contributed by atoms with E-state index in [4.69, 9.17) is 4.74 Å². The number of nitrogens with zero attached hydrogens (tertiary/aromatic N) is 2. The normalized spacial score (nSPS) is 11.2. The molecule has 3 rings (SSSR count). The lowest BCUT2D eigenvalue weighted by Gasteiger charge is -2.11. The minimum Gasteiger partial charge on any atom is -0.462 e. The van der Waals surface area contributed by atoms with Crippen LogP contribution in [0.15, 0.2) is 53.5 Å². The predicted octanol–water partition coefficient (Wildman–Crippen LogP) is 5.93. The number of hydrogen-bond acceptors (Lipinski definition) is 3. The summed E-state index contributed by atoms with van der Waals surface area (Å²) in [5.74, 6) is -0.303. The number of halogens is 1. The van der Waals surface area contributed by atoms with Crippen molar-refractivity contribution >= 4 is 40.5 Å². The van der Waals surface area contributed by atoms with E-state index in [0.29, 0.717) is 12.2 Å². The molecule has 2 aromatic carbocycles. The van der Waals surface area contributed by atoms with E-state index in [1.54, 1.807) is 6.07 Å². The fourth-order valence-corrected chi connectivity index (χ4v) is 3.49. The molecule has 0 atom stereocenters. The van der Waals surface area contributed by atoms with Gasteiger partial charge < -0.3 is 9.30 Å². The van der Waals surface area contributed by atoms with Gasteiger partial charge in [0, 0.05) is 32.4 Å². The summed E-state index contributed by atoms with van der Waals surface area (Å²) < 4.78 is 8.48. The highest BCUT2D eigenvalue weighted by molar-refractivity contribution is 14.1. The highest BCUT2D eigenvalue weighted by Crippen LogP contribution is 2.23. The lowest BCUT2D eigenvalue weighted by atomic mass is 10.2. The van der Waals surface area contributed by atoms with Crippen LogP contribution in [0.1, 0.15) is 39.8 Å². The van der Waals surface area contributed by atoms with Crippen LogP contribution in [0.3, 0.4) is 0 Å². The number of aryl methyl sites for hydroxylation is 2. The minimum atomic E-state index is -0.303.